The second-order valence-electron chi connectivity index (χ2n) is 14.4. The predicted octanol–water partition coefficient (Wildman–Crippen LogP) is 8.67. The Morgan fingerprint density at radius 3 is 2.53 bits per heavy atom. The van der Waals surface area contributed by atoms with Crippen molar-refractivity contribution in [3.8, 4) is 28.7 Å². The van der Waals surface area contributed by atoms with Crippen LogP contribution >= 0.6 is 27.5 Å². The monoisotopic (exact) mass is 796 g/mol. The molecule has 1 saturated heterocycles. The number of ether oxygens (including phenoxy) is 2. The maximum Gasteiger partial charge on any atom is 0.142 e. The topological polar surface area (TPSA) is 108 Å². The first-order chi connectivity index (χ1) is 25.9. The minimum Gasteiger partial charge on any atom is -0.488 e. The van der Waals surface area contributed by atoms with Crippen molar-refractivity contribution in [1.82, 2.24) is 25.0 Å². The first-order valence-corrected chi connectivity index (χ1v) is 19.8. The van der Waals surface area contributed by atoms with Gasteiger partial charge in [-0.2, -0.15) is 10.4 Å². The van der Waals surface area contributed by atoms with E-state index in [1.54, 1.807) is 18.3 Å². The number of halogens is 2. The van der Waals surface area contributed by atoms with E-state index >= 15 is 0 Å². The molecule has 1 unspecified atom stereocenters. The fraction of sp³-hybridized carbons (Fsp3) is 0.405. The smallest absolute Gasteiger partial charge is 0.142 e. The summed E-state index contributed by atoms with van der Waals surface area (Å²) in [6.45, 7) is 6.35. The van der Waals surface area contributed by atoms with Crippen molar-refractivity contribution in [2.24, 2.45) is 5.92 Å². The molecule has 1 saturated carbocycles. The summed E-state index contributed by atoms with van der Waals surface area (Å²) in [5.41, 5.74) is 6.39. The van der Waals surface area contributed by atoms with Gasteiger partial charge in [-0.15, -0.1) is 0 Å². The number of hydrogen-bond acceptors (Lipinski definition) is 8. The Morgan fingerprint density at radius 1 is 0.962 bits per heavy atom. The number of nitriles is 1. The van der Waals surface area contributed by atoms with Crippen LogP contribution in [0.1, 0.15) is 67.7 Å². The highest BCUT2D eigenvalue weighted by molar-refractivity contribution is 9.10. The summed E-state index contributed by atoms with van der Waals surface area (Å²) in [6.07, 6.45) is 13.1. The number of aromatic nitrogens is 3. The second kappa shape index (κ2) is 17.4. The SMILES string of the molecule is CC(CO)NCc1cc(Cl)c(OCc2cccc(-c3cccc4c3cnn4CC3CCC(N4CCCC4)CC3)c2Br)cc1OCc1cncc(C#N)c1. The van der Waals surface area contributed by atoms with Crippen molar-refractivity contribution in [3.63, 3.8) is 0 Å². The number of fused-ring (bicyclic) bond motifs is 1. The van der Waals surface area contributed by atoms with Gasteiger partial charge in [0.05, 0.1) is 28.9 Å². The van der Waals surface area contributed by atoms with Gasteiger partial charge in [-0.1, -0.05) is 41.9 Å². The highest BCUT2D eigenvalue weighted by atomic mass is 79.9. The van der Waals surface area contributed by atoms with Crippen LogP contribution in [0.4, 0.5) is 0 Å². The number of pyridine rings is 1. The molecular formula is C42H46BrClN6O3. The average molecular weight is 798 g/mol. The molecule has 2 aliphatic rings. The molecule has 0 spiro atoms. The average Bonchev–Trinajstić information content (AvgIpc) is 3.88. The highest BCUT2D eigenvalue weighted by Gasteiger charge is 2.28. The Balaban J connectivity index is 1.07. The Kier molecular flexibility index (Phi) is 12.3. The third kappa shape index (κ3) is 8.88. The molecule has 1 aliphatic carbocycles. The van der Waals surface area contributed by atoms with Gasteiger partial charge in [-0.05, 0) is 110 Å². The van der Waals surface area contributed by atoms with E-state index in [1.165, 1.54) is 57.8 Å². The van der Waals surface area contributed by atoms with E-state index in [0.29, 0.717) is 34.5 Å². The van der Waals surface area contributed by atoms with Gasteiger partial charge in [0, 0.05) is 70.2 Å². The van der Waals surface area contributed by atoms with Crippen LogP contribution in [0.2, 0.25) is 5.02 Å². The predicted molar refractivity (Wildman–Crippen MR) is 212 cm³/mol. The minimum atomic E-state index is -0.108. The van der Waals surface area contributed by atoms with Crippen LogP contribution in [0, 0.1) is 17.2 Å². The van der Waals surface area contributed by atoms with Gasteiger partial charge in [-0.25, -0.2) is 0 Å². The lowest BCUT2D eigenvalue weighted by Crippen LogP contribution is -2.36. The molecule has 0 amide bonds. The minimum absolute atomic E-state index is 0.00236. The van der Waals surface area contributed by atoms with Crippen molar-refractivity contribution >= 4 is 38.4 Å². The number of aliphatic hydroxyl groups excluding tert-OH is 1. The molecule has 3 heterocycles. The number of rotatable bonds is 14. The molecule has 2 aromatic heterocycles. The maximum absolute atomic E-state index is 9.54. The molecule has 11 heteroatoms. The first-order valence-electron chi connectivity index (χ1n) is 18.6. The molecule has 2 N–H and O–H groups in total. The van der Waals surface area contributed by atoms with Crippen LogP contribution in [0.25, 0.3) is 22.0 Å². The highest BCUT2D eigenvalue weighted by Crippen LogP contribution is 2.39. The fourth-order valence-corrected chi connectivity index (χ4v) is 8.51. The Hall–Kier alpha value is -3.98. The maximum atomic E-state index is 9.54. The summed E-state index contributed by atoms with van der Waals surface area (Å²) in [7, 11) is 0. The summed E-state index contributed by atoms with van der Waals surface area (Å²) >= 11 is 10.7. The van der Waals surface area contributed by atoms with Crippen LogP contribution in [-0.2, 0) is 26.3 Å². The van der Waals surface area contributed by atoms with E-state index in [-0.39, 0.29) is 25.9 Å². The molecule has 1 atom stereocenters. The molecule has 1 aliphatic heterocycles. The van der Waals surface area contributed by atoms with E-state index in [1.807, 2.05) is 25.3 Å². The lowest BCUT2D eigenvalue weighted by Gasteiger charge is -2.34. The Labute approximate surface area is 325 Å². The number of nitrogens with zero attached hydrogens (tertiary/aromatic N) is 5. The van der Waals surface area contributed by atoms with E-state index in [0.717, 1.165) is 55.8 Å². The van der Waals surface area contributed by atoms with Gasteiger partial charge in [0.1, 0.15) is 30.8 Å². The molecule has 53 heavy (non-hydrogen) atoms. The van der Waals surface area contributed by atoms with Crippen molar-refractivity contribution in [2.75, 3.05) is 19.7 Å². The van der Waals surface area contributed by atoms with E-state index in [2.05, 4.69) is 72.2 Å². The van der Waals surface area contributed by atoms with Gasteiger partial charge < -0.3 is 24.8 Å². The number of nitrogens with one attached hydrogen (secondary N) is 1. The zero-order valence-corrected chi connectivity index (χ0v) is 32.5. The van der Waals surface area contributed by atoms with Gasteiger partial charge in [0.2, 0.25) is 0 Å². The van der Waals surface area contributed by atoms with Gasteiger partial charge in [-0.3, -0.25) is 9.67 Å². The standard InChI is InChI=1S/C42H46BrClN6O3/c1-28(25-51)47-22-33-17-38(44)41(18-40(33)52-26-31-16-30(19-45)20-46-21-31)53-27-32-6-4-8-36(42(32)43)35-7-5-9-39-37(35)23-48-50(39)24-29-10-12-34(13-11-29)49-14-2-3-15-49/h4-9,16-18,20-21,23,28-29,34,47,51H,2-3,10-15,22,24-27H2,1H3. The van der Waals surface area contributed by atoms with Crippen LogP contribution in [0.15, 0.2) is 77.7 Å². The molecular weight excluding hydrogens is 752 g/mol. The molecule has 276 valence electrons. The summed E-state index contributed by atoms with van der Waals surface area (Å²) in [5.74, 6) is 1.73. The van der Waals surface area contributed by atoms with Gasteiger partial charge >= 0.3 is 0 Å². The van der Waals surface area contributed by atoms with Crippen molar-refractivity contribution in [1.29, 1.82) is 5.26 Å². The third-order valence-corrected chi connectivity index (χ3v) is 11.9. The molecule has 0 bridgehead atoms. The van der Waals surface area contributed by atoms with Crippen LogP contribution in [0.3, 0.4) is 0 Å². The summed E-state index contributed by atoms with van der Waals surface area (Å²) in [6, 6.07) is 20.9. The molecule has 2 fully saturated rings. The normalized spacial score (nSPS) is 18.2. The Bertz CT molecular complexity index is 2070. The lowest BCUT2D eigenvalue weighted by molar-refractivity contribution is 0.156. The molecule has 0 radical (unpaired) electrons. The Morgan fingerprint density at radius 2 is 1.74 bits per heavy atom. The zero-order chi connectivity index (χ0) is 36.7. The molecule has 5 aromatic rings. The van der Waals surface area contributed by atoms with E-state index < -0.39 is 0 Å². The van der Waals surface area contributed by atoms with Crippen molar-refractivity contribution in [2.45, 2.75) is 83.8 Å². The molecule has 9 nitrogen and oxygen atoms in total. The summed E-state index contributed by atoms with van der Waals surface area (Å²) in [5, 5.41) is 28.6. The van der Waals surface area contributed by atoms with Crippen LogP contribution in [-0.4, -0.2) is 56.6 Å². The van der Waals surface area contributed by atoms with Crippen molar-refractivity contribution in [3.05, 3.63) is 105 Å². The van der Waals surface area contributed by atoms with Gasteiger partial charge in [0.25, 0.3) is 0 Å². The molecule has 3 aromatic carbocycles. The first kappa shape index (κ1) is 37.3. The lowest BCUT2D eigenvalue weighted by atomic mass is 9.85. The number of likely N-dealkylation sites (tertiary alicyclic amines) is 1. The summed E-state index contributed by atoms with van der Waals surface area (Å²) in [4.78, 5) is 6.87. The number of benzene rings is 3. The van der Waals surface area contributed by atoms with E-state index in [9.17, 15) is 10.4 Å². The number of hydrogen-bond donors (Lipinski definition) is 2. The largest absolute Gasteiger partial charge is 0.488 e. The zero-order valence-electron chi connectivity index (χ0n) is 30.1. The van der Waals surface area contributed by atoms with Crippen LogP contribution in [0.5, 0.6) is 11.5 Å². The quantitative estimate of drug-likeness (QED) is 0.115. The number of aliphatic hydroxyl groups is 1. The van der Waals surface area contributed by atoms with Crippen molar-refractivity contribution < 1.29 is 14.6 Å². The fourth-order valence-electron chi connectivity index (χ4n) is 7.68. The van der Waals surface area contributed by atoms with Gasteiger partial charge in [0.15, 0.2) is 0 Å². The third-order valence-electron chi connectivity index (χ3n) is 10.7. The summed E-state index contributed by atoms with van der Waals surface area (Å²) < 4.78 is 15.8. The molecule has 7 rings (SSSR count). The van der Waals surface area contributed by atoms with E-state index in [4.69, 9.17) is 26.2 Å². The van der Waals surface area contributed by atoms with Crippen LogP contribution < -0.4 is 14.8 Å². The second-order valence-corrected chi connectivity index (χ2v) is 15.6.